The summed E-state index contributed by atoms with van der Waals surface area (Å²) >= 11 is 0. The van der Waals surface area contributed by atoms with Gasteiger partial charge in [-0.2, -0.15) is 0 Å². The number of hydrogen-bond acceptors (Lipinski definition) is 2. The molecule has 2 nitrogen and oxygen atoms in total. The van der Waals surface area contributed by atoms with E-state index in [1.807, 2.05) is 0 Å². The van der Waals surface area contributed by atoms with Crippen LogP contribution in [0.5, 0.6) is 0 Å². The summed E-state index contributed by atoms with van der Waals surface area (Å²) in [4.78, 5) is 2.24. The molecule has 0 amide bonds. The monoisotopic (exact) mass is 282 g/mol. The summed E-state index contributed by atoms with van der Waals surface area (Å²) in [6.07, 6.45) is 2.32. The first kappa shape index (κ1) is 15.4. The predicted octanol–water partition coefficient (Wildman–Crippen LogP) is 3.17. The van der Waals surface area contributed by atoms with E-state index in [0.717, 1.165) is 32.5 Å². The highest BCUT2D eigenvalue weighted by molar-refractivity contribution is 5.18. The van der Waals surface area contributed by atoms with Gasteiger partial charge in [-0.15, -0.1) is 0 Å². The highest BCUT2D eigenvalue weighted by atomic mass is 19.2. The van der Waals surface area contributed by atoms with Crippen LogP contribution in [0.1, 0.15) is 32.3 Å². The average Bonchev–Trinajstić information content (AvgIpc) is 2.44. The van der Waals surface area contributed by atoms with Gasteiger partial charge in [-0.3, -0.25) is 4.90 Å². The molecule has 0 saturated carbocycles. The second-order valence-corrected chi connectivity index (χ2v) is 5.93. The van der Waals surface area contributed by atoms with E-state index in [0.29, 0.717) is 24.1 Å². The minimum absolute atomic E-state index is 0.326. The number of nitrogens with one attached hydrogen (secondary N) is 1. The lowest BCUT2D eigenvalue weighted by Gasteiger charge is -2.32. The summed E-state index contributed by atoms with van der Waals surface area (Å²) in [6, 6.07) is 4.76. The van der Waals surface area contributed by atoms with Crippen molar-refractivity contribution in [1.29, 1.82) is 0 Å². The molecule has 1 aliphatic rings. The third-order valence-electron chi connectivity index (χ3n) is 4.09. The zero-order valence-electron chi connectivity index (χ0n) is 12.3. The summed E-state index contributed by atoms with van der Waals surface area (Å²) in [5.41, 5.74) is 0.452. The standard InChI is InChI=1S/C16H24F2N2/c1-12(2)20(10-13-6-8-19-9-7-13)11-14-4-3-5-15(17)16(14)18/h3-5,12-13,19H,6-11H2,1-2H3. The molecule has 1 saturated heterocycles. The molecule has 0 radical (unpaired) electrons. The number of nitrogens with zero attached hydrogens (tertiary/aromatic N) is 1. The molecule has 0 aliphatic carbocycles. The van der Waals surface area contributed by atoms with Gasteiger partial charge in [0, 0.05) is 24.7 Å². The Bertz CT molecular complexity index is 428. The Labute approximate surface area is 120 Å². The van der Waals surface area contributed by atoms with Crippen LogP contribution in [-0.2, 0) is 6.54 Å². The fourth-order valence-corrected chi connectivity index (χ4v) is 2.74. The molecule has 1 aliphatic heterocycles. The van der Waals surface area contributed by atoms with Crippen LogP contribution in [0.4, 0.5) is 8.78 Å². The first-order valence-electron chi connectivity index (χ1n) is 7.45. The Morgan fingerprint density at radius 1 is 1.25 bits per heavy atom. The molecule has 20 heavy (non-hydrogen) atoms. The number of halogens is 2. The summed E-state index contributed by atoms with van der Waals surface area (Å²) in [7, 11) is 0. The van der Waals surface area contributed by atoms with E-state index >= 15 is 0 Å². The zero-order valence-corrected chi connectivity index (χ0v) is 12.3. The van der Waals surface area contributed by atoms with E-state index in [2.05, 4.69) is 24.1 Å². The third-order valence-corrected chi connectivity index (χ3v) is 4.09. The molecule has 1 aromatic carbocycles. The topological polar surface area (TPSA) is 15.3 Å². The minimum atomic E-state index is -0.756. The van der Waals surface area contributed by atoms with Crippen molar-refractivity contribution < 1.29 is 8.78 Å². The molecule has 4 heteroatoms. The lowest BCUT2D eigenvalue weighted by molar-refractivity contribution is 0.159. The second kappa shape index (κ2) is 7.14. The van der Waals surface area contributed by atoms with Crippen LogP contribution in [0.25, 0.3) is 0 Å². The highest BCUT2D eigenvalue weighted by Crippen LogP contribution is 2.19. The van der Waals surface area contributed by atoms with Gasteiger partial charge in [0.1, 0.15) is 0 Å². The van der Waals surface area contributed by atoms with Crippen molar-refractivity contribution in [2.24, 2.45) is 5.92 Å². The Kier molecular flexibility index (Phi) is 5.49. The molecule has 1 heterocycles. The van der Waals surface area contributed by atoms with Crippen LogP contribution < -0.4 is 5.32 Å². The molecule has 1 aromatic rings. The van der Waals surface area contributed by atoms with Gasteiger partial charge in [-0.25, -0.2) is 8.78 Å². The van der Waals surface area contributed by atoms with Crippen LogP contribution in [0.15, 0.2) is 18.2 Å². The van der Waals surface area contributed by atoms with Crippen LogP contribution in [0.3, 0.4) is 0 Å². The lowest BCUT2D eigenvalue weighted by Crippen LogP contribution is -2.39. The molecule has 0 spiro atoms. The van der Waals surface area contributed by atoms with E-state index in [1.54, 1.807) is 12.1 Å². The zero-order chi connectivity index (χ0) is 14.5. The SMILES string of the molecule is CC(C)N(Cc1cccc(F)c1F)CC1CCNCC1. The van der Waals surface area contributed by atoms with Crippen LogP contribution in [0.2, 0.25) is 0 Å². The van der Waals surface area contributed by atoms with Crippen molar-refractivity contribution in [3.8, 4) is 0 Å². The molecule has 0 bridgehead atoms. The van der Waals surface area contributed by atoms with Gasteiger partial charge in [0.2, 0.25) is 0 Å². The van der Waals surface area contributed by atoms with Gasteiger partial charge < -0.3 is 5.32 Å². The number of benzene rings is 1. The molecule has 0 unspecified atom stereocenters. The van der Waals surface area contributed by atoms with Crippen LogP contribution in [0, 0.1) is 17.6 Å². The van der Waals surface area contributed by atoms with Crippen LogP contribution >= 0.6 is 0 Å². The fourth-order valence-electron chi connectivity index (χ4n) is 2.74. The highest BCUT2D eigenvalue weighted by Gasteiger charge is 2.20. The van der Waals surface area contributed by atoms with E-state index < -0.39 is 11.6 Å². The number of hydrogen-bond donors (Lipinski definition) is 1. The molecular weight excluding hydrogens is 258 g/mol. The van der Waals surface area contributed by atoms with Crippen molar-refractivity contribution in [3.05, 3.63) is 35.4 Å². The predicted molar refractivity (Wildman–Crippen MR) is 77.5 cm³/mol. The van der Waals surface area contributed by atoms with Gasteiger partial charge in [0.15, 0.2) is 11.6 Å². The van der Waals surface area contributed by atoms with E-state index in [1.165, 1.54) is 6.07 Å². The largest absolute Gasteiger partial charge is 0.317 e. The summed E-state index contributed by atoms with van der Waals surface area (Å²) in [5, 5.41) is 3.36. The summed E-state index contributed by atoms with van der Waals surface area (Å²) in [6.45, 7) is 7.77. The molecular formula is C16H24F2N2. The van der Waals surface area contributed by atoms with Crippen molar-refractivity contribution in [1.82, 2.24) is 10.2 Å². The number of rotatable bonds is 5. The number of piperidine rings is 1. The van der Waals surface area contributed by atoms with E-state index in [4.69, 9.17) is 0 Å². The Morgan fingerprint density at radius 3 is 2.60 bits per heavy atom. The van der Waals surface area contributed by atoms with Crippen LogP contribution in [-0.4, -0.2) is 30.6 Å². The quantitative estimate of drug-likeness (QED) is 0.892. The maximum Gasteiger partial charge on any atom is 0.163 e. The lowest BCUT2D eigenvalue weighted by atomic mass is 9.96. The van der Waals surface area contributed by atoms with Gasteiger partial charge in [0.25, 0.3) is 0 Å². The smallest absolute Gasteiger partial charge is 0.163 e. The summed E-state index contributed by atoms with van der Waals surface area (Å²) in [5.74, 6) is -0.813. The van der Waals surface area contributed by atoms with Gasteiger partial charge in [-0.05, 0) is 51.8 Å². The van der Waals surface area contributed by atoms with Gasteiger partial charge in [-0.1, -0.05) is 12.1 Å². The summed E-state index contributed by atoms with van der Waals surface area (Å²) < 4.78 is 27.1. The molecule has 0 aromatic heterocycles. The average molecular weight is 282 g/mol. The maximum absolute atomic E-state index is 13.8. The third kappa shape index (κ3) is 4.00. The Morgan fingerprint density at radius 2 is 1.95 bits per heavy atom. The van der Waals surface area contributed by atoms with E-state index in [9.17, 15) is 8.78 Å². The van der Waals surface area contributed by atoms with Crippen molar-refractivity contribution in [2.45, 2.75) is 39.3 Å². The Hall–Kier alpha value is -1.00. The first-order valence-corrected chi connectivity index (χ1v) is 7.45. The molecule has 2 rings (SSSR count). The normalized spacial score (nSPS) is 17.1. The molecule has 112 valence electrons. The minimum Gasteiger partial charge on any atom is -0.317 e. The van der Waals surface area contributed by atoms with E-state index in [-0.39, 0.29) is 0 Å². The van der Waals surface area contributed by atoms with Crippen molar-refractivity contribution >= 4 is 0 Å². The maximum atomic E-state index is 13.8. The molecule has 1 fully saturated rings. The first-order chi connectivity index (χ1) is 9.58. The molecule has 1 N–H and O–H groups in total. The van der Waals surface area contributed by atoms with Gasteiger partial charge in [0.05, 0.1) is 0 Å². The van der Waals surface area contributed by atoms with Crippen molar-refractivity contribution in [3.63, 3.8) is 0 Å². The molecule has 0 atom stereocenters. The fraction of sp³-hybridized carbons (Fsp3) is 0.625. The van der Waals surface area contributed by atoms with Gasteiger partial charge >= 0.3 is 0 Å². The Balaban J connectivity index is 2.03. The second-order valence-electron chi connectivity index (χ2n) is 5.93. The van der Waals surface area contributed by atoms with Crippen molar-refractivity contribution in [2.75, 3.05) is 19.6 Å².